The van der Waals surface area contributed by atoms with E-state index >= 15 is 0 Å². The molecule has 3 rings (SSSR count). The van der Waals surface area contributed by atoms with Crippen LogP contribution >= 0.6 is 0 Å². The molecule has 2 unspecified atom stereocenters. The molecule has 2 atom stereocenters. The highest BCUT2D eigenvalue weighted by molar-refractivity contribution is 6.09. The molecule has 26 heavy (non-hydrogen) atoms. The monoisotopic (exact) mass is 357 g/mol. The smallest absolute Gasteiger partial charge is 0.251 e. The molecular weight excluding hydrogens is 334 g/mol. The number of anilines is 1. The molecular formula is C19H23N3O4. The molecule has 7 heteroatoms. The number of carbonyl (C=O) groups is 4. The number of rotatable bonds is 4. The lowest BCUT2D eigenvalue weighted by molar-refractivity contribution is -0.142. The Kier molecular flexibility index (Phi) is 5.06. The van der Waals surface area contributed by atoms with Crippen molar-refractivity contribution in [1.29, 1.82) is 0 Å². The van der Waals surface area contributed by atoms with Crippen LogP contribution in [0.3, 0.4) is 0 Å². The fourth-order valence-corrected chi connectivity index (χ4v) is 3.87. The molecule has 7 nitrogen and oxygen atoms in total. The van der Waals surface area contributed by atoms with Crippen LogP contribution in [0.1, 0.15) is 41.6 Å². The van der Waals surface area contributed by atoms with Crippen molar-refractivity contribution < 1.29 is 19.2 Å². The third kappa shape index (κ3) is 3.21. The third-order valence-corrected chi connectivity index (χ3v) is 5.31. The minimum absolute atomic E-state index is 0.231. The SMILES string of the molecule is CNC(=O)c1cccc(NC(=O)CN2C(=O)C3CCCCC3C2=O)c1C. The molecule has 0 radical (unpaired) electrons. The minimum Gasteiger partial charge on any atom is -0.355 e. The number of hydrogen-bond donors (Lipinski definition) is 2. The Morgan fingerprint density at radius 3 is 2.31 bits per heavy atom. The summed E-state index contributed by atoms with van der Waals surface area (Å²) in [6.07, 6.45) is 3.35. The summed E-state index contributed by atoms with van der Waals surface area (Å²) in [6.45, 7) is 1.45. The molecule has 0 aromatic heterocycles. The Bertz CT molecular complexity index is 750. The van der Waals surface area contributed by atoms with Crippen molar-refractivity contribution in [3.8, 4) is 0 Å². The maximum absolute atomic E-state index is 12.5. The lowest BCUT2D eigenvalue weighted by Crippen LogP contribution is -2.38. The molecule has 1 heterocycles. The van der Waals surface area contributed by atoms with Gasteiger partial charge in [0.1, 0.15) is 6.54 Å². The predicted octanol–water partition coefficient (Wildman–Crippen LogP) is 1.47. The Morgan fingerprint density at radius 2 is 1.73 bits per heavy atom. The van der Waals surface area contributed by atoms with E-state index < -0.39 is 5.91 Å². The molecule has 1 aromatic carbocycles. The predicted molar refractivity (Wildman–Crippen MR) is 95.4 cm³/mol. The van der Waals surface area contributed by atoms with Gasteiger partial charge in [-0.25, -0.2) is 0 Å². The maximum Gasteiger partial charge on any atom is 0.251 e. The van der Waals surface area contributed by atoms with Crippen LogP contribution in [0.15, 0.2) is 18.2 Å². The summed E-state index contributed by atoms with van der Waals surface area (Å²) >= 11 is 0. The van der Waals surface area contributed by atoms with E-state index in [0.717, 1.165) is 30.6 Å². The van der Waals surface area contributed by atoms with Crippen molar-refractivity contribution in [3.63, 3.8) is 0 Å². The lowest BCUT2D eigenvalue weighted by Gasteiger charge is -2.19. The molecule has 1 aliphatic carbocycles. The molecule has 2 aliphatic rings. The average molecular weight is 357 g/mol. The first-order valence-corrected chi connectivity index (χ1v) is 8.90. The fraction of sp³-hybridized carbons (Fsp3) is 0.474. The van der Waals surface area contributed by atoms with Crippen molar-refractivity contribution in [2.24, 2.45) is 11.8 Å². The largest absolute Gasteiger partial charge is 0.355 e. The Labute approximate surface area is 152 Å². The highest BCUT2D eigenvalue weighted by atomic mass is 16.2. The van der Waals surface area contributed by atoms with Gasteiger partial charge in [-0.1, -0.05) is 18.9 Å². The zero-order chi connectivity index (χ0) is 18.8. The molecule has 1 saturated carbocycles. The van der Waals surface area contributed by atoms with E-state index in [1.807, 2.05) is 0 Å². The van der Waals surface area contributed by atoms with Gasteiger partial charge in [0.25, 0.3) is 5.91 Å². The summed E-state index contributed by atoms with van der Waals surface area (Å²) in [7, 11) is 1.54. The van der Waals surface area contributed by atoms with Gasteiger partial charge in [-0.15, -0.1) is 0 Å². The molecule has 138 valence electrons. The topological polar surface area (TPSA) is 95.6 Å². The summed E-state index contributed by atoms with van der Waals surface area (Å²) < 4.78 is 0. The summed E-state index contributed by atoms with van der Waals surface area (Å²) in [4.78, 5) is 50.3. The Balaban J connectivity index is 1.71. The van der Waals surface area contributed by atoms with Crippen molar-refractivity contribution >= 4 is 29.3 Å². The molecule has 4 amide bonds. The summed E-state index contributed by atoms with van der Waals surface area (Å²) in [5, 5.41) is 5.27. The number of amides is 4. The number of fused-ring (bicyclic) bond motifs is 1. The fourth-order valence-electron chi connectivity index (χ4n) is 3.87. The van der Waals surface area contributed by atoms with Gasteiger partial charge in [0.05, 0.1) is 11.8 Å². The second-order valence-electron chi connectivity index (χ2n) is 6.87. The van der Waals surface area contributed by atoms with E-state index in [-0.39, 0.29) is 36.1 Å². The quantitative estimate of drug-likeness (QED) is 0.798. The van der Waals surface area contributed by atoms with Gasteiger partial charge in [0.15, 0.2) is 0 Å². The molecule has 1 saturated heterocycles. The molecule has 0 bridgehead atoms. The average Bonchev–Trinajstić information content (AvgIpc) is 2.88. The zero-order valence-electron chi connectivity index (χ0n) is 15.0. The van der Waals surface area contributed by atoms with E-state index in [4.69, 9.17) is 0 Å². The number of nitrogens with zero attached hydrogens (tertiary/aromatic N) is 1. The van der Waals surface area contributed by atoms with Gasteiger partial charge in [-0.05, 0) is 37.5 Å². The summed E-state index contributed by atoms with van der Waals surface area (Å²) in [5.74, 6) is -1.67. The van der Waals surface area contributed by atoms with Crippen LogP contribution in [-0.2, 0) is 14.4 Å². The first-order valence-electron chi connectivity index (χ1n) is 8.90. The van der Waals surface area contributed by atoms with Gasteiger partial charge in [-0.2, -0.15) is 0 Å². The lowest BCUT2D eigenvalue weighted by atomic mass is 9.81. The molecule has 2 fully saturated rings. The standard InChI is InChI=1S/C19H23N3O4/c1-11-12(17(24)20-2)8-5-9-15(11)21-16(23)10-22-18(25)13-6-3-4-7-14(13)19(22)26/h5,8-9,13-14H,3-4,6-7,10H2,1-2H3,(H,20,24)(H,21,23). The number of carbonyl (C=O) groups excluding carboxylic acids is 4. The van der Waals surface area contributed by atoms with E-state index in [1.165, 1.54) is 7.05 Å². The van der Waals surface area contributed by atoms with E-state index in [9.17, 15) is 19.2 Å². The van der Waals surface area contributed by atoms with Crippen molar-refractivity contribution in [1.82, 2.24) is 10.2 Å². The number of hydrogen-bond acceptors (Lipinski definition) is 4. The van der Waals surface area contributed by atoms with Crippen LogP contribution in [0.5, 0.6) is 0 Å². The molecule has 1 aliphatic heterocycles. The zero-order valence-corrected chi connectivity index (χ0v) is 15.0. The van der Waals surface area contributed by atoms with Crippen LogP contribution in [0, 0.1) is 18.8 Å². The summed E-state index contributed by atoms with van der Waals surface area (Å²) in [6, 6.07) is 5.03. The van der Waals surface area contributed by atoms with E-state index in [2.05, 4.69) is 10.6 Å². The first kappa shape index (κ1) is 18.1. The van der Waals surface area contributed by atoms with Crippen LogP contribution in [0.4, 0.5) is 5.69 Å². The van der Waals surface area contributed by atoms with Crippen molar-refractivity contribution in [3.05, 3.63) is 29.3 Å². The highest BCUT2D eigenvalue weighted by Crippen LogP contribution is 2.37. The number of likely N-dealkylation sites (tertiary alicyclic amines) is 1. The van der Waals surface area contributed by atoms with E-state index in [1.54, 1.807) is 25.1 Å². The van der Waals surface area contributed by atoms with Crippen LogP contribution in [-0.4, -0.2) is 42.1 Å². The Morgan fingerprint density at radius 1 is 1.12 bits per heavy atom. The van der Waals surface area contributed by atoms with Gasteiger partial charge in [0.2, 0.25) is 17.7 Å². The van der Waals surface area contributed by atoms with Gasteiger partial charge < -0.3 is 10.6 Å². The van der Waals surface area contributed by atoms with Gasteiger partial charge in [-0.3, -0.25) is 24.1 Å². The second-order valence-corrected chi connectivity index (χ2v) is 6.87. The molecule has 0 spiro atoms. The van der Waals surface area contributed by atoms with Crippen molar-refractivity contribution in [2.45, 2.75) is 32.6 Å². The normalized spacial score (nSPS) is 22.2. The number of benzene rings is 1. The maximum atomic E-state index is 12.5. The first-order chi connectivity index (χ1) is 12.4. The van der Waals surface area contributed by atoms with Crippen molar-refractivity contribution in [2.75, 3.05) is 18.9 Å². The minimum atomic E-state index is -0.442. The Hall–Kier alpha value is -2.70. The van der Waals surface area contributed by atoms with Crippen LogP contribution in [0.25, 0.3) is 0 Å². The molecule has 2 N–H and O–H groups in total. The summed E-state index contributed by atoms with van der Waals surface area (Å²) in [5.41, 5.74) is 1.59. The van der Waals surface area contributed by atoms with E-state index in [0.29, 0.717) is 16.8 Å². The van der Waals surface area contributed by atoms with Gasteiger partial charge >= 0.3 is 0 Å². The third-order valence-electron chi connectivity index (χ3n) is 5.31. The van der Waals surface area contributed by atoms with Crippen LogP contribution < -0.4 is 10.6 Å². The molecule has 1 aromatic rings. The highest BCUT2D eigenvalue weighted by Gasteiger charge is 2.48. The van der Waals surface area contributed by atoms with Crippen LogP contribution in [0.2, 0.25) is 0 Å². The number of nitrogens with one attached hydrogen (secondary N) is 2. The second kappa shape index (κ2) is 7.27. The number of imide groups is 1. The van der Waals surface area contributed by atoms with Gasteiger partial charge in [0, 0.05) is 18.3 Å².